The molecule has 0 spiro atoms. The summed E-state index contributed by atoms with van der Waals surface area (Å²) in [6.45, 7) is 3.18. The van der Waals surface area contributed by atoms with Gasteiger partial charge in [0.15, 0.2) is 11.3 Å². The second-order valence-corrected chi connectivity index (χ2v) is 5.39. The lowest BCUT2D eigenvalue weighted by atomic mass is 10.1. The van der Waals surface area contributed by atoms with E-state index in [9.17, 15) is 4.79 Å². The summed E-state index contributed by atoms with van der Waals surface area (Å²) in [6.07, 6.45) is 0. The van der Waals surface area contributed by atoms with Crippen molar-refractivity contribution in [2.45, 2.75) is 6.92 Å². The maximum absolute atomic E-state index is 11.8. The number of fused-ring (bicyclic) bond motifs is 1. The van der Waals surface area contributed by atoms with Gasteiger partial charge in [-0.05, 0) is 24.6 Å². The Kier molecular flexibility index (Phi) is 8.36. The Balaban J connectivity index is 2.19. The van der Waals surface area contributed by atoms with Crippen LogP contribution < -0.4 is 15.1 Å². The van der Waals surface area contributed by atoms with E-state index in [2.05, 4.69) is 0 Å². The SMILES string of the molecule is Cc1cc(=O)oc2c(OCCOCCO)c(OCCOCCO)ccc12. The molecule has 0 saturated heterocycles. The van der Waals surface area contributed by atoms with Gasteiger partial charge in [-0.3, -0.25) is 0 Å². The molecule has 0 amide bonds. The van der Waals surface area contributed by atoms with Gasteiger partial charge in [0.05, 0.1) is 39.6 Å². The third-order valence-electron chi connectivity index (χ3n) is 3.47. The van der Waals surface area contributed by atoms with Gasteiger partial charge >= 0.3 is 5.63 Å². The molecular formula is C18H24O8. The van der Waals surface area contributed by atoms with Gasteiger partial charge in [-0.25, -0.2) is 4.79 Å². The molecule has 0 bridgehead atoms. The van der Waals surface area contributed by atoms with Gasteiger partial charge in [-0.1, -0.05) is 0 Å². The molecule has 2 aromatic rings. The maximum atomic E-state index is 11.8. The number of benzene rings is 1. The minimum absolute atomic E-state index is 0.0530. The lowest BCUT2D eigenvalue weighted by Gasteiger charge is -2.15. The molecule has 144 valence electrons. The van der Waals surface area contributed by atoms with Crippen LogP contribution in [-0.2, 0) is 9.47 Å². The largest absolute Gasteiger partial charge is 0.487 e. The molecule has 0 aliphatic carbocycles. The first-order valence-corrected chi connectivity index (χ1v) is 8.37. The van der Waals surface area contributed by atoms with E-state index in [1.54, 1.807) is 12.1 Å². The minimum atomic E-state index is -0.472. The summed E-state index contributed by atoms with van der Waals surface area (Å²) in [5, 5.41) is 18.2. The molecular weight excluding hydrogens is 344 g/mol. The topological polar surface area (TPSA) is 108 Å². The summed E-state index contributed by atoms with van der Waals surface area (Å²) in [5.74, 6) is 0.735. The Morgan fingerprint density at radius 2 is 1.58 bits per heavy atom. The average molecular weight is 368 g/mol. The van der Waals surface area contributed by atoms with E-state index in [0.717, 1.165) is 10.9 Å². The zero-order chi connectivity index (χ0) is 18.8. The fraction of sp³-hybridized carbons (Fsp3) is 0.500. The van der Waals surface area contributed by atoms with Crippen LogP contribution in [0.5, 0.6) is 11.5 Å². The lowest BCUT2D eigenvalue weighted by molar-refractivity contribution is 0.0646. The van der Waals surface area contributed by atoms with Crippen molar-refractivity contribution in [1.29, 1.82) is 0 Å². The smallest absolute Gasteiger partial charge is 0.336 e. The molecule has 0 saturated carbocycles. The van der Waals surface area contributed by atoms with Crippen LogP contribution in [0.4, 0.5) is 0 Å². The van der Waals surface area contributed by atoms with Crippen molar-refractivity contribution in [2.24, 2.45) is 0 Å². The van der Waals surface area contributed by atoms with Crippen molar-refractivity contribution in [3.05, 3.63) is 34.2 Å². The van der Waals surface area contributed by atoms with Crippen LogP contribution in [0, 0.1) is 6.92 Å². The fourth-order valence-corrected chi connectivity index (χ4v) is 2.34. The van der Waals surface area contributed by atoms with Crippen molar-refractivity contribution in [3.8, 4) is 11.5 Å². The van der Waals surface area contributed by atoms with Crippen molar-refractivity contribution in [1.82, 2.24) is 0 Å². The molecule has 0 fully saturated rings. The summed E-state index contributed by atoms with van der Waals surface area (Å²) in [7, 11) is 0. The van der Waals surface area contributed by atoms with Crippen LogP contribution in [0.3, 0.4) is 0 Å². The number of ether oxygens (including phenoxy) is 4. The van der Waals surface area contributed by atoms with E-state index >= 15 is 0 Å². The van der Waals surface area contributed by atoms with Crippen LogP contribution in [0.2, 0.25) is 0 Å². The average Bonchev–Trinajstić information content (AvgIpc) is 2.62. The summed E-state index contributed by atoms with van der Waals surface area (Å²) < 4.78 is 27.1. The van der Waals surface area contributed by atoms with E-state index in [0.29, 0.717) is 23.7 Å². The highest BCUT2D eigenvalue weighted by Crippen LogP contribution is 2.36. The summed E-state index contributed by atoms with van der Waals surface area (Å²) >= 11 is 0. The first-order chi connectivity index (χ1) is 12.7. The second kappa shape index (κ2) is 10.8. The highest BCUT2D eigenvalue weighted by atomic mass is 16.6. The molecule has 8 nitrogen and oxygen atoms in total. The number of aliphatic hydroxyl groups excluding tert-OH is 2. The number of hydrogen-bond acceptors (Lipinski definition) is 8. The maximum Gasteiger partial charge on any atom is 0.336 e. The number of aliphatic hydroxyl groups is 2. The number of aryl methyl sites for hydroxylation is 1. The Labute approximate surface area is 150 Å². The van der Waals surface area contributed by atoms with E-state index in [4.69, 9.17) is 33.6 Å². The predicted octanol–water partition coefficient (Wildman–Crippen LogP) is 0.877. The highest BCUT2D eigenvalue weighted by Gasteiger charge is 2.15. The van der Waals surface area contributed by atoms with Gasteiger partial charge in [0.1, 0.15) is 13.2 Å². The van der Waals surface area contributed by atoms with Crippen LogP contribution in [0.25, 0.3) is 11.0 Å². The summed E-state index contributed by atoms with van der Waals surface area (Å²) in [5.41, 5.74) is 0.612. The number of rotatable bonds is 12. The number of hydrogen-bond donors (Lipinski definition) is 2. The van der Waals surface area contributed by atoms with Crippen molar-refractivity contribution in [2.75, 3.05) is 52.9 Å². The third kappa shape index (κ3) is 5.70. The molecule has 0 aliphatic rings. The van der Waals surface area contributed by atoms with Crippen LogP contribution in [0.15, 0.2) is 27.4 Å². The second-order valence-electron chi connectivity index (χ2n) is 5.39. The van der Waals surface area contributed by atoms with Crippen LogP contribution in [0.1, 0.15) is 5.56 Å². The van der Waals surface area contributed by atoms with Crippen LogP contribution >= 0.6 is 0 Å². The predicted molar refractivity (Wildman–Crippen MR) is 94.0 cm³/mol. The zero-order valence-electron chi connectivity index (χ0n) is 14.7. The third-order valence-corrected chi connectivity index (χ3v) is 3.47. The van der Waals surface area contributed by atoms with Crippen molar-refractivity contribution in [3.63, 3.8) is 0 Å². The Hall–Kier alpha value is -2.13. The first kappa shape index (κ1) is 20.2. The van der Waals surface area contributed by atoms with Crippen molar-refractivity contribution >= 4 is 11.0 Å². The lowest BCUT2D eigenvalue weighted by Crippen LogP contribution is -2.12. The molecule has 1 heterocycles. The minimum Gasteiger partial charge on any atom is -0.487 e. The standard InChI is InChI=1S/C18H24O8/c1-13-12-16(21)26-17-14(13)2-3-15(24-10-8-22-6-4-19)18(17)25-11-9-23-7-5-20/h2-3,12,19-20H,4-11H2,1H3. The van der Waals surface area contributed by atoms with E-state index < -0.39 is 5.63 Å². The van der Waals surface area contributed by atoms with Gasteiger partial charge in [0, 0.05) is 11.5 Å². The van der Waals surface area contributed by atoms with Gasteiger partial charge in [-0.2, -0.15) is 0 Å². The zero-order valence-corrected chi connectivity index (χ0v) is 14.7. The van der Waals surface area contributed by atoms with Gasteiger partial charge in [0.2, 0.25) is 5.75 Å². The Bertz CT molecular complexity index is 740. The molecule has 0 aliphatic heterocycles. The molecule has 26 heavy (non-hydrogen) atoms. The van der Waals surface area contributed by atoms with Crippen LogP contribution in [-0.4, -0.2) is 63.1 Å². The monoisotopic (exact) mass is 368 g/mol. The van der Waals surface area contributed by atoms with E-state index in [-0.39, 0.29) is 46.2 Å². The first-order valence-electron chi connectivity index (χ1n) is 8.37. The molecule has 8 heteroatoms. The normalized spacial score (nSPS) is 11.0. The summed E-state index contributed by atoms with van der Waals surface area (Å²) in [6, 6.07) is 4.96. The molecule has 0 atom stereocenters. The Morgan fingerprint density at radius 1 is 0.923 bits per heavy atom. The Morgan fingerprint density at radius 3 is 2.23 bits per heavy atom. The van der Waals surface area contributed by atoms with E-state index in [1.165, 1.54) is 6.07 Å². The quantitative estimate of drug-likeness (QED) is 0.420. The van der Waals surface area contributed by atoms with E-state index in [1.807, 2.05) is 6.92 Å². The molecule has 2 N–H and O–H groups in total. The summed E-state index contributed by atoms with van der Waals surface area (Å²) in [4.78, 5) is 11.8. The molecule has 0 unspecified atom stereocenters. The molecule has 1 aromatic heterocycles. The van der Waals surface area contributed by atoms with Crippen molar-refractivity contribution < 1.29 is 33.6 Å². The highest BCUT2D eigenvalue weighted by molar-refractivity contribution is 5.87. The fourth-order valence-electron chi connectivity index (χ4n) is 2.34. The molecule has 1 aromatic carbocycles. The van der Waals surface area contributed by atoms with Gasteiger partial charge < -0.3 is 33.6 Å². The molecule has 0 radical (unpaired) electrons. The molecule has 2 rings (SSSR count). The van der Waals surface area contributed by atoms with Gasteiger partial charge in [0.25, 0.3) is 0 Å². The van der Waals surface area contributed by atoms with Gasteiger partial charge in [-0.15, -0.1) is 0 Å².